The fourth-order valence-corrected chi connectivity index (χ4v) is 1.01. The van der Waals surface area contributed by atoms with Crippen LogP contribution in [0.25, 0.3) is 0 Å². The van der Waals surface area contributed by atoms with E-state index in [9.17, 15) is 0 Å². The Morgan fingerprint density at radius 3 is 2.85 bits per heavy atom. The van der Waals surface area contributed by atoms with Crippen molar-refractivity contribution >= 4 is 0 Å². The van der Waals surface area contributed by atoms with E-state index in [-0.39, 0.29) is 6.61 Å². The van der Waals surface area contributed by atoms with Gasteiger partial charge in [0.25, 0.3) is 0 Å². The predicted octanol–water partition coefficient (Wildman–Crippen LogP) is 0.0308. The Balaban J connectivity index is 2.20. The van der Waals surface area contributed by atoms with Gasteiger partial charge in [-0.15, -0.1) is 0 Å². The molecule has 4 nitrogen and oxygen atoms in total. The van der Waals surface area contributed by atoms with Crippen LogP contribution in [0.1, 0.15) is 11.5 Å². The molecule has 0 aromatic carbocycles. The van der Waals surface area contributed by atoms with Gasteiger partial charge in [0.1, 0.15) is 11.5 Å². The predicted molar refractivity (Wildman–Crippen MR) is 48.2 cm³/mol. The summed E-state index contributed by atoms with van der Waals surface area (Å²) in [4.78, 5) is 0. The molecular formula is C9H15NO3. The fourth-order valence-electron chi connectivity index (χ4n) is 1.01. The number of rotatable bonds is 5. The summed E-state index contributed by atoms with van der Waals surface area (Å²) in [5, 5.41) is 20.5. The average Bonchev–Trinajstić information content (AvgIpc) is 2.51. The van der Waals surface area contributed by atoms with E-state index in [1.165, 1.54) is 0 Å². The normalized spacial score (nSPS) is 13.2. The molecule has 0 saturated carbocycles. The molecule has 4 heteroatoms. The van der Waals surface area contributed by atoms with Crippen LogP contribution >= 0.6 is 0 Å². The summed E-state index contributed by atoms with van der Waals surface area (Å²) in [6.45, 7) is 2.61. The van der Waals surface area contributed by atoms with E-state index in [0.717, 1.165) is 11.5 Å². The van der Waals surface area contributed by atoms with Gasteiger partial charge in [0.2, 0.25) is 0 Å². The number of hydrogen-bond acceptors (Lipinski definition) is 4. The Hall–Kier alpha value is -0.840. The lowest BCUT2D eigenvalue weighted by Gasteiger charge is -2.06. The van der Waals surface area contributed by atoms with Gasteiger partial charge < -0.3 is 19.9 Å². The van der Waals surface area contributed by atoms with Gasteiger partial charge in [-0.2, -0.15) is 0 Å². The minimum absolute atomic E-state index is 0.218. The molecule has 0 amide bonds. The molecule has 1 aromatic heterocycles. The zero-order valence-electron chi connectivity index (χ0n) is 7.66. The molecule has 0 fully saturated rings. The molecule has 1 heterocycles. The standard InChI is InChI=1S/C9H15NO3/c1-7-2-3-9(13-7)5-10-4-8(12)6-11/h2-3,8,10-12H,4-6H2,1H3/t8-/m1/s1. The molecule has 0 aliphatic carbocycles. The zero-order valence-corrected chi connectivity index (χ0v) is 7.66. The topological polar surface area (TPSA) is 65.6 Å². The van der Waals surface area contributed by atoms with E-state index >= 15 is 0 Å². The first-order valence-corrected chi connectivity index (χ1v) is 4.27. The summed E-state index contributed by atoms with van der Waals surface area (Å²) in [6.07, 6.45) is -0.698. The Kier molecular flexibility index (Phi) is 3.95. The highest BCUT2D eigenvalue weighted by atomic mass is 16.3. The lowest BCUT2D eigenvalue weighted by molar-refractivity contribution is 0.0938. The Morgan fingerprint density at radius 2 is 2.31 bits per heavy atom. The second-order valence-corrected chi connectivity index (χ2v) is 2.98. The van der Waals surface area contributed by atoms with Crippen molar-refractivity contribution in [3.63, 3.8) is 0 Å². The largest absolute Gasteiger partial charge is 0.465 e. The van der Waals surface area contributed by atoms with E-state index in [1.807, 2.05) is 19.1 Å². The maximum absolute atomic E-state index is 9.00. The van der Waals surface area contributed by atoms with Gasteiger partial charge in [0.05, 0.1) is 19.3 Å². The number of aliphatic hydroxyl groups excluding tert-OH is 2. The quantitative estimate of drug-likeness (QED) is 0.605. The SMILES string of the molecule is Cc1ccc(CNC[C@@H](O)CO)o1. The molecule has 74 valence electrons. The van der Waals surface area contributed by atoms with Gasteiger partial charge in [0.15, 0.2) is 0 Å². The van der Waals surface area contributed by atoms with Crippen molar-refractivity contribution in [2.24, 2.45) is 0 Å². The van der Waals surface area contributed by atoms with Crippen LogP contribution in [0.3, 0.4) is 0 Å². The first kappa shape index (κ1) is 10.2. The van der Waals surface area contributed by atoms with Crippen LogP contribution in [0.5, 0.6) is 0 Å². The lowest BCUT2D eigenvalue weighted by Crippen LogP contribution is -2.28. The molecule has 1 atom stereocenters. The molecular weight excluding hydrogens is 170 g/mol. The van der Waals surface area contributed by atoms with E-state index in [1.54, 1.807) is 0 Å². The maximum Gasteiger partial charge on any atom is 0.117 e. The van der Waals surface area contributed by atoms with Crippen molar-refractivity contribution < 1.29 is 14.6 Å². The third-order valence-electron chi connectivity index (χ3n) is 1.69. The Morgan fingerprint density at radius 1 is 1.54 bits per heavy atom. The number of aliphatic hydroxyl groups is 2. The third-order valence-corrected chi connectivity index (χ3v) is 1.69. The summed E-state index contributed by atoms with van der Waals surface area (Å²) >= 11 is 0. The average molecular weight is 185 g/mol. The Bertz CT molecular complexity index is 247. The van der Waals surface area contributed by atoms with Crippen molar-refractivity contribution in [2.45, 2.75) is 19.6 Å². The molecule has 0 bridgehead atoms. The van der Waals surface area contributed by atoms with Crippen molar-refractivity contribution in [2.75, 3.05) is 13.2 Å². The second kappa shape index (κ2) is 5.01. The van der Waals surface area contributed by atoms with Crippen molar-refractivity contribution in [1.82, 2.24) is 5.32 Å². The van der Waals surface area contributed by atoms with Gasteiger partial charge >= 0.3 is 0 Å². The third kappa shape index (κ3) is 3.59. The molecule has 0 aliphatic heterocycles. The number of hydrogen-bond donors (Lipinski definition) is 3. The summed E-state index contributed by atoms with van der Waals surface area (Å²) in [7, 11) is 0. The minimum Gasteiger partial charge on any atom is -0.465 e. The summed E-state index contributed by atoms with van der Waals surface area (Å²) in [5.41, 5.74) is 0. The van der Waals surface area contributed by atoms with Crippen LogP contribution in [0, 0.1) is 6.92 Å². The molecule has 0 saturated heterocycles. The van der Waals surface area contributed by atoms with Gasteiger partial charge in [-0.05, 0) is 19.1 Å². The molecule has 1 rings (SSSR count). The van der Waals surface area contributed by atoms with Crippen LogP contribution in [0.15, 0.2) is 16.5 Å². The monoisotopic (exact) mass is 185 g/mol. The van der Waals surface area contributed by atoms with E-state index in [0.29, 0.717) is 13.1 Å². The van der Waals surface area contributed by atoms with Crippen molar-refractivity contribution in [3.8, 4) is 0 Å². The minimum atomic E-state index is -0.698. The second-order valence-electron chi connectivity index (χ2n) is 2.98. The highest BCUT2D eigenvalue weighted by Gasteiger charge is 2.02. The van der Waals surface area contributed by atoms with Crippen LogP contribution in [-0.2, 0) is 6.54 Å². The van der Waals surface area contributed by atoms with Crippen LogP contribution < -0.4 is 5.32 Å². The summed E-state index contributed by atoms with van der Waals surface area (Å²) < 4.78 is 5.29. The molecule has 0 spiro atoms. The van der Waals surface area contributed by atoms with Crippen LogP contribution in [-0.4, -0.2) is 29.5 Å². The zero-order chi connectivity index (χ0) is 9.68. The number of furan rings is 1. The molecule has 3 N–H and O–H groups in total. The first-order chi connectivity index (χ1) is 6.22. The number of nitrogens with one attached hydrogen (secondary N) is 1. The molecule has 0 unspecified atom stereocenters. The van der Waals surface area contributed by atoms with Crippen LogP contribution in [0.4, 0.5) is 0 Å². The van der Waals surface area contributed by atoms with E-state index in [2.05, 4.69) is 5.32 Å². The van der Waals surface area contributed by atoms with Gasteiger partial charge in [-0.1, -0.05) is 0 Å². The highest BCUT2D eigenvalue weighted by Crippen LogP contribution is 2.05. The lowest BCUT2D eigenvalue weighted by atomic mass is 10.3. The number of aryl methyl sites for hydroxylation is 1. The summed E-state index contributed by atoms with van der Waals surface area (Å²) in [5.74, 6) is 1.71. The summed E-state index contributed by atoms with van der Waals surface area (Å²) in [6, 6.07) is 3.77. The van der Waals surface area contributed by atoms with Gasteiger partial charge in [0, 0.05) is 6.54 Å². The smallest absolute Gasteiger partial charge is 0.117 e. The molecule has 1 aromatic rings. The van der Waals surface area contributed by atoms with Gasteiger partial charge in [-0.3, -0.25) is 0 Å². The molecule has 13 heavy (non-hydrogen) atoms. The first-order valence-electron chi connectivity index (χ1n) is 4.27. The highest BCUT2D eigenvalue weighted by molar-refractivity contribution is 5.05. The van der Waals surface area contributed by atoms with E-state index in [4.69, 9.17) is 14.6 Å². The fraction of sp³-hybridized carbons (Fsp3) is 0.556. The molecule has 0 radical (unpaired) electrons. The maximum atomic E-state index is 9.00. The van der Waals surface area contributed by atoms with E-state index < -0.39 is 6.10 Å². The van der Waals surface area contributed by atoms with Crippen LogP contribution in [0.2, 0.25) is 0 Å². The Labute approximate surface area is 77.2 Å². The van der Waals surface area contributed by atoms with Crippen molar-refractivity contribution in [3.05, 3.63) is 23.7 Å². The molecule has 0 aliphatic rings. The van der Waals surface area contributed by atoms with Gasteiger partial charge in [-0.25, -0.2) is 0 Å². The van der Waals surface area contributed by atoms with Crippen molar-refractivity contribution in [1.29, 1.82) is 0 Å².